The van der Waals surface area contributed by atoms with Crippen LogP contribution in [-0.4, -0.2) is 27.7 Å². The Bertz CT molecular complexity index is 317. The summed E-state index contributed by atoms with van der Waals surface area (Å²) in [5.74, 6) is 1.22. The fourth-order valence-corrected chi connectivity index (χ4v) is 1.65. The third-order valence-electron chi connectivity index (χ3n) is 2.31. The van der Waals surface area contributed by atoms with Crippen molar-refractivity contribution in [3.63, 3.8) is 0 Å². The number of anilines is 1. The van der Waals surface area contributed by atoms with E-state index >= 15 is 0 Å². The summed E-state index contributed by atoms with van der Waals surface area (Å²) in [6.07, 6.45) is 5.20. The van der Waals surface area contributed by atoms with E-state index in [9.17, 15) is 5.11 Å². The lowest BCUT2D eigenvalue weighted by Gasteiger charge is -2.11. The summed E-state index contributed by atoms with van der Waals surface area (Å²) in [5, 5.41) is 12.7. The van der Waals surface area contributed by atoms with Crippen LogP contribution >= 0.6 is 15.9 Å². The normalized spacial score (nSPS) is 17.9. The van der Waals surface area contributed by atoms with Crippen molar-refractivity contribution in [3.05, 3.63) is 17.0 Å². The molecule has 76 valence electrons. The van der Waals surface area contributed by atoms with Crippen LogP contribution in [0.4, 0.5) is 5.82 Å². The standard InChI is InChI=1S/C9H12BrN3O/c10-7-3-11-5-13-9(7)12-4-8(14)6-1-2-6/h3,5-6,8,14H,1-2,4H2,(H,11,12,13). The average molecular weight is 258 g/mol. The Labute approximate surface area is 90.9 Å². The number of halogens is 1. The van der Waals surface area contributed by atoms with E-state index in [1.54, 1.807) is 6.20 Å². The first-order chi connectivity index (χ1) is 6.77. The zero-order valence-corrected chi connectivity index (χ0v) is 9.24. The summed E-state index contributed by atoms with van der Waals surface area (Å²) in [7, 11) is 0. The highest BCUT2D eigenvalue weighted by Crippen LogP contribution is 2.32. The van der Waals surface area contributed by atoms with Crippen LogP contribution in [-0.2, 0) is 0 Å². The summed E-state index contributed by atoms with van der Waals surface area (Å²) in [6.45, 7) is 0.556. The molecule has 0 spiro atoms. The summed E-state index contributed by atoms with van der Waals surface area (Å²) in [5.41, 5.74) is 0. The Balaban J connectivity index is 1.87. The van der Waals surface area contributed by atoms with E-state index in [0.717, 1.165) is 23.1 Å². The SMILES string of the molecule is OC(CNc1ncncc1Br)C1CC1. The fourth-order valence-electron chi connectivity index (χ4n) is 1.29. The molecule has 1 heterocycles. The third kappa shape index (κ3) is 2.42. The minimum Gasteiger partial charge on any atom is -0.391 e. The maximum atomic E-state index is 9.62. The molecule has 4 nitrogen and oxygen atoms in total. The van der Waals surface area contributed by atoms with Gasteiger partial charge in [0, 0.05) is 12.7 Å². The largest absolute Gasteiger partial charge is 0.391 e. The zero-order chi connectivity index (χ0) is 9.97. The number of aliphatic hydroxyl groups excluding tert-OH is 1. The second-order valence-electron chi connectivity index (χ2n) is 3.50. The van der Waals surface area contributed by atoms with Crippen molar-refractivity contribution in [1.82, 2.24) is 9.97 Å². The number of rotatable bonds is 4. The molecule has 2 N–H and O–H groups in total. The molecule has 14 heavy (non-hydrogen) atoms. The number of nitrogens with one attached hydrogen (secondary N) is 1. The lowest BCUT2D eigenvalue weighted by atomic mass is 10.2. The Kier molecular flexibility index (Phi) is 2.98. The molecule has 1 unspecified atom stereocenters. The van der Waals surface area contributed by atoms with Gasteiger partial charge in [-0.3, -0.25) is 0 Å². The predicted octanol–water partition coefficient (Wildman–Crippen LogP) is 1.42. The molecule has 1 saturated carbocycles. The molecule has 2 rings (SSSR count). The first-order valence-electron chi connectivity index (χ1n) is 4.65. The highest BCUT2D eigenvalue weighted by molar-refractivity contribution is 9.10. The number of aromatic nitrogens is 2. The van der Waals surface area contributed by atoms with E-state index in [2.05, 4.69) is 31.2 Å². The van der Waals surface area contributed by atoms with Gasteiger partial charge in [-0.05, 0) is 34.7 Å². The lowest BCUT2D eigenvalue weighted by molar-refractivity contribution is 0.164. The molecule has 1 aromatic heterocycles. The summed E-state index contributed by atoms with van der Waals surface area (Å²) in [4.78, 5) is 7.91. The first-order valence-corrected chi connectivity index (χ1v) is 5.44. The summed E-state index contributed by atoms with van der Waals surface area (Å²) >= 11 is 3.33. The van der Waals surface area contributed by atoms with E-state index in [0.29, 0.717) is 12.5 Å². The molecule has 0 amide bonds. The minimum atomic E-state index is -0.253. The van der Waals surface area contributed by atoms with Crippen LogP contribution in [0.2, 0.25) is 0 Å². The molecular formula is C9H12BrN3O. The van der Waals surface area contributed by atoms with Crippen LogP contribution in [0, 0.1) is 5.92 Å². The van der Waals surface area contributed by atoms with Gasteiger partial charge in [-0.15, -0.1) is 0 Å². The highest BCUT2D eigenvalue weighted by Gasteiger charge is 2.29. The Hall–Kier alpha value is -0.680. The molecule has 0 radical (unpaired) electrons. The van der Waals surface area contributed by atoms with E-state index in [-0.39, 0.29) is 6.10 Å². The molecule has 0 saturated heterocycles. The van der Waals surface area contributed by atoms with Crippen LogP contribution in [0.3, 0.4) is 0 Å². The first kappa shape index (κ1) is 9.86. The van der Waals surface area contributed by atoms with Gasteiger partial charge in [0.2, 0.25) is 0 Å². The maximum Gasteiger partial charge on any atom is 0.143 e. The molecular weight excluding hydrogens is 246 g/mol. The Morgan fingerprint density at radius 3 is 3.07 bits per heavy atom. The van der Waals surface area contributed by atoms with Crippen molar-refractivity contribution in [2.45, 2.75) is 18.9 Å². The minimum absolute atomic E-state index is 0.253. The summed E-state index contributed by atoms with van der Waals surface area (Å²) in [6, 6.07) is 0. The van der Waals surface area contributed by atoms with E-state index < -0.39 is 0 Å². The number of hydrogen-bond acceptors (Lipinski definition) is 4. The lowest BCUT2D eigenvalue weighted by Crippen LogP contribution is -2.21. The average Bonchev–Trinajstić information content (AvgIpc) is 2.99. The van der Waals surface area contributed by atoms with E-state index in [4.69, 9.17) is 0 Å². The monoisotopic (exact) mass is 257 g/mol. The molecule has 0 aliphatic heterocycles. The van der Waals surface area contributed by atoms with Gasteiger partial charge < -0.3 is 10.4 Å². The van der Waals surface area contributed by atoms with Crippen molar-refractivity contribution >= 4 is 21.7 Å². The van der Waals surface area contributed by atoms with Gasteiger partial charge in [0.15, 0.2) is 0 Å². The molecule has 1 atom stereocenters. The molecule has 1 aromatic rings. The second kappa shape index (κ2) is 4.23. The van der Waals surface area contributed by atoms with Crippen LogP contribution in [0.5, 0.6) is 0 Å². The molecule has 5 heteroatoms. The van der Waals surface area contributed by atoms with Crippen molar-refractivity contribution in [1.29, 1.82) is 0 Å². The quantitative estimate of drug-likeness (QED) is 0.857. The number of nitrogens with zero attached hydrogens (tertiary/aromatic N) is 2. The van der Waals surface area contributed by atoms with Gasteiger partial charge >= 0.3 is 0 Å². The van der Waals surface area contributed by atoms with Gasteiger partial charge in [0.1, 0.15) is 12.1 Å². The Morgan fingerprint density at radius 2 is 2.43 bits per heavy atom. The van der Waals surface area contributed by atoms with Gasteiger partial charge in [-0.2, -0.15) is 0 Å². The molecule has 1 aliphatic carbocycles. The summed E-state index contributed by atoms with van der Waals surface area (Å²) < 4.78 is 0.822. The number of hydrogen-bond donors (Lipinski definition) is 2. The maximum absolute atomic E-state index is 9.62. The van der Waals surface area contributed by atoms with Crippen molar-refractivity contribution in [2.75, 3.05) is 11.9 Å². The molecule has 1 fully saturated rings. The third-order valence-corrected chi connectivity index (χ3v) is 2.89. The topological polar surface area (TPSA) is 58.0 Å². The smallest absolute Gasteiger partial charge is 0.143 e. The van der Waals surface area contributed by atoms with E-state index in [1.165, 1.54) is 6.33 Å². The van der Waals surface area contributed by atoms with Crippen molar-refractivity contribution in [2.24, 2.45) is 5.92 Å². The van der Waals surface area contributed by atoms with Gasteiger partial charge in [0.05, 0.1) is 10.6 Å². The van der Waals surface area contributed by atoms with Gasteiger partial charge in [0.25, 0.3) is 0 Å². The molecule has 1 aliphatic rings. The number of aliphatic hydroxyl groups is 1. The van der Waals surface area contributed by atoms with Gasteiger partial charge in [-0.25, -0.2) is 9.97 Å². The van der Waals surface area contributed by atoms with Crippen molar-refractivity contribution in [3.8, 4) is 0 Å². The molecule has 0 aromatic carbocycles. The molecule has 0 bridgehead atoms. The highest BCUT2D eigenvalue weighted by atomic mass is 79.9. The zero-order valence-electron chi connectivity index (χ0n) is 7.65. The second-order valence-corrected chi connectivity index (χ2v) is 4.36. The van der Waals surface area contributed by atoms with Crippen LogP contribution in [0.25, 0.3) is 0 Å². The van der Waals surface area contributed by atoms with Crippen LogP contribution < -0.4 is 5.32 Å². The van der Waals surface area contributed by atoms with E-state index in [1.807, 2.05) is 0 Å². The predicted molar refractivity (Wildman–Crippen MR) is 57.0 cm³/mol. The fraction of sp³-hybridized carbons (Fsp3) is 0.556. The Morgan fingerprint density at radius 1 is 1.64 bits per heavy atom. The van der Waals surface area contributed by atoms with Crippen molar-refractivity contribution < 1.29 is 5.11 Å². The van der Waals surface area contributed by atoms with Gasteiger partial charge in [-0.1, -0.05) is 0 Å². The van der Waals surface area contributed by atoms with Crippen LogP contribution in [0.1, 0.15) is 12.8 Å². The van der Waals surface area contributed by atoms with Crippen LogP contribution in [0.15, 0.2) is 17.0 Å².